The number of hydrogen-bond acceptors (Lipinski definition) is 1. The largest absolute Gasteiger partial charge is 0.325 e. The van der Waals surface area contributed by atoms with Crippen molar-refractivity contribution in [2.45, 2.75) is 24.7 Å². The van der Waals surface area contributed by atoms with Crippen molar-refractivity contribution in [3.8, 4) is 0 Å². The van der Waals surface area contributed by atoms with E-state index in [1.165, 1.54) is 12.1 Å². The highest BCUT2D eigenvalue weighted by Crippen LogP contribution is 2.50. The Morgan fingerprint density at radius 2 is 2.14 bits per heavy atom. The zero-order valence-corrected chi connectivity index (χ0v) is 7.64. The Morgan fingerprint density at radius 1 is 1.36 bits per heavy atom. The fraction of sp³-hybridized carbons (Fsp3) is 0.364. The Morgan fingerprint density at radius 3 is 2.79 bits per heavy atom. The quantitative estimate of drug-likeness (QED) is 0.669. The molecule has 1 aliphatic heterocycles. The second kappa shape index (κ2) is 2.35. The van der Waals surface area contributed by atoms with Crippen molar-refractivity contribution in [3.05, 3.63) is 29.6 Å². The van der Waals surface area contributed by atoms with E-state index in [0.29, 0.717) is 0 Å². The molecular weight excluding hydrogens is 181 g/mol. The normalized spacial score (nSPS) is 21.6. The molecule has 0 atom stereocenters. The number of amides is 1. The maximum atomic E-state index is 13.1. The summed E-state index contributed by atoms with van der Waals surface area (Å²) in [6.45, 7) is 0. The van der Waals surface area contributed by atoms with Crippen LogP contribution in [0, 0.1) is 5.82 Å². The van der Waals surface area contributed by atoms with E-state index >= 15 is 0 Å². The number of rotatable bonds is 0. The number of fused-ring (bicyclic) bond motifs is 2. The molecule has 1 spiro atoms. The van der Waals surface area contributed by atoms with Crippen LogP contribution in [0.25, 0.3) is 0 Å². The first-order valence-electron chi connectivity index (χ1n) is 4.84. The molecule has 3 rings (SSSR count). The molecule has 0 unspecified atom stereocenters. The van der Waals surface area contributed by atoms with Crippen molar-refractivity contribution in [1.82, 2.24) is 0 Å². The first kappa shape index (κ1) is 7.97. The minimum absolute atomic E-state index is 0.0457. The first-order chi connectivity index (χ1) is 6.72. The van der Waals surface area contributed by atoms with Gasteiger partial charge in [0.1, 0.15) is 5.82 Å². The number of hydrogen-bond donors (Lipinski definition) is 1. The molecule has 1 amide bonds. The van der Waals surface area contributed by atoms with Crippen LogP contribution in [0.15, 0.2) is 18.2 Å². The number of carbonyl (C=O) groups excluding carboxylic acids is 1. The molecule has 1 heterocycles. The monoisotopic (exact) mass is 191 g/mol. The van der Waals surface area contributed by atoms with Crippen LogP contribution in [0.5, 0.6) is 0 Å². The number of carbonyl (C=O) groups is 1. The van der Waals surface area contributed by atoms with Crippen LogP contribution in [-0.2, 0) is 10.2 Å². The van der Waals surface area contributed by atoms with Gasteiger partial charge in [-0.1, -0.05) is 6.42 Å². The average Bonchev–Trinajstić information content (AvgIpc) is 2.35. The van der Waals surface area contributed by atoms with Gasteiger partial charge in [-0.3, -0.25) is 4.79 Å². The van der Waals surface area contributed by atoms with Gasteiger partial charge in [0, 0.05) is 5.69 Å². The summed E-state index contributed by atoms with van der Waals surface area (Å²) < 4.78 is 13.1. The van der Waals surface area contributed by atoms with Crippen molar-refractivity contribution in [2.24, 2.45) is 0 Å². The van der Waals surface area contributed by atoms with Gasteiger partial charge in [-0.25, -0.2) is 4.39 Å². The van der Waals surface area contributed by atoms with Gasteiger partial charge >= 0.3 is 0 Å². The first-order valence-corrected chi connectivity index (χ1v) is 4.84. The number of benzene rings is 1. The molecule has 1 aromatic rings. The molecule has 2 nitrogen and oxygen atoms in total. The summed E-state index contributed by atoms with van der Waals surface area (Å²) in [6.07, 6.45) is 2.77. The smallest absolute Gasteiger partial charge is 0.235 e. The topological polar surface area (TPSA) is 29.1 Å². The second-order valence-electron chi connectivity index (χ2n) is 4.08. The Labute approximate surface area is 81.1 Å². The van der Waals surface area contributed by atoms with E-state index in [-0.39, 0.29) is 11.7 Å². The third-order valence-electron chi connectivity index (χ3n) is 3.39. The van der Waals surface area contributed by atoms with Crippen LogP contribution in [0.2, 0.25) is 0 Å². The minimum atomic E-state index is -0.391. The predicted molar refractivity (Wildman–Crippen MR) is 50.6 cm³/mol. The third kappa shape index (κ3) is 0.775. The molecule has 1 N–H and O–H groups in total. The molecular formula is C11H10FNO. The Bertz CT molecular complexity index is 423. The van der Waals surface area contributed by atoms with Gasteiger partial charge in [0.2, 0.25) is 5.91 Å². The lowest BCUT2D eigenvalue weighted by Crippen LogP contribution is -2.40. The van der Waals surface area contributed by atoms with E-state index in [2.05, 4.69) is 5.32 Å². The van der Waals surface area contributed by atoms with Crippen LogP contribution in [0.4, 0.5) is 10.1 Å². The summed E-state index contributed by atoms with van der Waals surface area (Å²) in [4.78, 5) is 11.7. The lowest BCUT2D eigenvalue weighted by Gasteiger charge is -2.35. The zero-order valence-electron chi connectivity index (χ0n) is 7.64. The van der Waals surface area contributed by atoms with Crippen LogP contribution in [0.1, 0.15) is 24.8 Å². The molecule has 0 aromatic heterocycles. The summed E-state index contributed by atoms with van der Waals surface area (Å²) in [5.41, 5.74) is 1.25. The van der Waals surface area contributed by atoms with Crippen LogP contribution < -0.4 is 5.32 Å². The maximum absolute atomic E-state index is 13.1. The summed E-state index contributed by atoms with van der Waals surface area (Å²) in [5, 5.41) is 2.81. The molecule has 3 heteroatoms. The van der Waals surface area contributed by atoms with E-state index in [9.17, 15) is 9.18 Å². The van der Waals surface area contributed by atoms with E-state index in [1.54, 1.807) is 6.07 Å². The van der Waals surface area contributed by atoms with Crippen molar-refractivity contribution in [3.63, 3.8) is 0 Å². The van der Waals surface area contributed by atoms with E-state index in [1.807, 2.05) is 0 Å². The highest BCUT2D eigenvalue weighted by molar-refractivity contribution is 6.06. The standard InChI is InChI=1S/C11H10FNO/c12-7-2-3-9-8(6-7)11(4-1-5-11)10(14)13-9/h2-3,6H,1,4-5H2,(H,13,14). The highest BCUT2D eigenvalue weighted by Gasteiger charge is 2.50. The number of anilines is 1. The minimum Gasteiger partial charge on any atom is -0.325 e. The molecule has 14 heavy (non-hydrogen) atoms. The van der Waals surface area contributed by atoms with Gasteiger partial charge in [0.15, 0.2) is 0 Å². The molecule has 1 fully saturated rings. The van der Waals surface area contributed by atoms with Gasteiger partial charge in [-0.05, 0) is 36.6 Å². The van der Waals surface area contributed by atoms with Gasteiger partial charge in [0.05, 0.1) is 5.41 Å². The fourth-order valence-electron chi connectivity index (χ4n) is 2.41. The molecule has 1 saturated carbocycles. The van der Waals surface area contributed by atoms with Gasteiger partial charge < -0.3 is 5.32 Å². The average molecular weight is 191 g/mol. The number of nitrogens with one attached hydrogen (secondary N) is 1. The molecule has 0 saturated heterocycles. The lowest BCUT2D eigenvalue weighted by molar-refractivity contribution is -0.123. The summed E-state index contributed by atoms with van der Waals surface area (Å²) in [5.74, 6) is -0.212. The van der Waals surface area contributed by atoms with Gasteiger partial charge in [0.25, 0.3) is 0 Å². The molecule has 0 radical (unpaired) electrons. The SMILES string of the molecule is O=C1Nc2ccc(F)cc2C12CCC2. The predicted octanol–water partition coefficient (Wildman–Crippen LogP) is 2.20. The van der Waals surface area contributed by atoms with E-state index < -0.39 is 5.41 Å². The summed E-state index contributed by atoms with van der Waals surface area (Å²) in [7, 11) is 0. The highest BCUT2D eigenvalue weighted by atomic mass is 19.1. The van der Waals surface area contributed by atoms with Crippen molar-refractivity contribution >= 4 is 11.6 Å². The van der Waals surface area contributed by atoms with Gasteiger partial charge in [-0.15, -0.1) is 0 Å². The third-order valence-corrected chi connectivity index (χ3v) is 3.39. The molecule has 1 aromatic carbocycles. The maximum Gasteiger partial charge on any atom is 0.235 e. The molecule has 1 aliphatic carbocycles. The molecule has 72 valence electrons. The number of halogens is 1. The van der Waals surface area contributed by atoms with E-state index in [0.717, 1.165) is 30.5 Å². The van der Waals surface area contributed by atoms with Crippen LogP contribution >= 0.6 is 0 Å². The van der Waals surface area contributed by atoms with Crippen LogP contribution in [0.3, 0.4) is 0 Å². The van der Waals surface area contributed by atoms with Gasteiger partial charge in [-0.2, -0.15) is 0 Å². The Balaban J connectivity index is 2.20. The Hall–Kier alpha value is -1.38. The summed E-state index contributed by atoms with van der Waals surface area (Å²) in [6, 6.07) is 4.53. The second-order valence-corrected chi connectivity index (χ2v) is 4.08. The van der Waals surface area contributed by atoms with Crippen molar-refractivity contribution in [2.75, 3.05) is 5.32 Å². The Kier molecular flexibility index (Phi) is 1.34. The lowest BCUT2D eigenvalue weighted by atomic mass is 9.65. The molecule has 2 aliphatic rings. The zero-order chi connectivity index (χ0) is 9.76. The van der Waals surface area contributed by atoms with Crippen molar-refractivity contribution in [1.29, 1.82) is 0 Å². The molecule has 0 bridgehead atoms. The summed E-state index contributed by atoms with van der Waals surface area (Å²) >= 11 is 0. The fourth-order valence-corrected chi connectivity index (χ4v) is 2.41. The van der Waals surface area contributed by atoms with E-state index in [4.69, 9.17) is 0 Å². The van der Waals surface area contributed by atoms with Crippen LogP contribution in [-0.4, -0.2) is 5.91 Å². The van der Waals surface area contributed by atoms with Crippen molar-refractivity contribution < 1.29 is 9.18 Å².